The molecule has 0 heteroatoms. The number of hydrogen-bond donors (Lipinski definition) is 0. The lowest BCUT2D eigenvalue weighted by Crippen LogP contribution is -2.35. The molecule has 0 heterocycles. The van der Waals surface area contributed by atoms with E-state index in [1.54, 1.807) is 0 Å². The van der Waals surface area contributed by atoms with Crippen LogP contribution in [0.2, 0.25) is 0 Å². The molecule has 0 aliphatic heterocycles. The van der Waals surface area contributed by atoms with Crippen molar-refractivity contribution in [1.82, 2.24) is 0 Å². The molecule has 1 fully saturated rings. The van der Waals surface area contributed by atoms with E-state index in [0.717, 1.165) is 0 Å². The van der Waals surface area contributed by atoms with Gasteiger partial charge in [-0.3, -0.25) is 0 Å². The Morgan fingerprint density at radius 3 is 2.08 bits per heavy atom. The van der Waals surface area contributed by atoms with Crippen LogP contribution in [0, 0.1) is 23.2 Å². The quantitative estimate of drug-likeness (QED) is 0.519. The molecule has 0 nitrogen and oxygen atoms in total. The van der Waals surface area contributed by atoms with Crippen molar-refractivity contribution in [2.24, 2.45) is 10.8 Å². The summed E-state index contributed by atoms with van der Waals surface area (Å²) in [7, 11) is 0. The second kappa shape index (κ2) is 3.13. The van der Waals surface area contributed by atoms with Gasteiger partial charge in [0.25, 0.3) is 0 Å². The molecule has 68 valence electrons. The second-order valence-electron chi connectivity index (χ2n) is 4.89. The highest BCUT2D eigenvalue weighted by molar-refractivity contribution is 5.09. The van der Waals surface area contributed by atoms with Gasteiger partial charge >= 0.3 is 0 Å². The lowest BCUT2D eigenvalue weighted by atomic mass is 9.60. The zero-order chi connectivity index (χ0) is 9.24. The van der Waals surface area contributed by atoms with E-state index < -0.39 is 0 Å². The minimum absolute atomic E-state index is 0.0768. The van der Waals surface area contributed by atoms with Gasteiger partial charge in [-0.15, -0.1) is 6.42 Å². The molecule has 0 saturated heterocycles. The molecule has 1 aliphatic carbocycles. The van der Waals surface area contributed by atoms with Crippen molar-refractivity contribution in [3.05, 3.63) is 0 Å². The smallest absolute Gasteiger partial charge is 0.0309 e. The molecule has 0 aromatic carbocycles. The minimum Gasteiger partial charge on any atom is -0.120 e. The summed E-state index contributed by atoms with van der Waals surface area (Å²) in [6, 6.07) is 0. The molecule has 0 spiro atoms. The SMILES string of the molecule is C#CC(C)(C)C1(C)CCCCC1. The summed E-state index contributed by atoms with van der Waals surface area (Å²) >= 11 is 0. The average Bonchev–Trinajstić information content (AvgIpc) is 2.06. The van der Waals surface area contributed by atoms with E-state index in [0.29, 0.717) is 5.41 Å². The van der Waals surface area contributed by atoms with Gasteiger partial charge in [0.15, 0.2) is 0 Å². The number of hydrogen-bond acceptors (Lipinski definition) is 0. The van der Waals surface area contributed by atoms with Gasteiger partial charge in [-0.1, -0.05) is 32.1 Å². The van der Waals surface area contributed by atoms with Crippen LogP contribution in [0.15, 0.2) is 0 Å². The Hall–Kier alpha value is -0.440. The van der Waals surface area contributed by atoms with Gasteiger partial charge in [0.05, 0.1) is 0 Å². The maximum absolute atomic E-state index is 5.57. The van der Waals surface area contributed by atoms with Crippen molar-refractivity contribution >= 4 is 0 Å². The Kier molecular flexibility index (Phi) is 2.52. The molecule has 0 aromatic heterocycles. The van der Waals surface area contributed by atoms with Crippen LogP contribution < -0.4 is 0 Å². The maximum Gasteiger partial charge on any atom is 0.0309 e. The van der Waals surface area contributed by atoms with Gasteiger partial charge in [0, 0.05) is 5.41 Å². The molecular weight excluding hydrogens is 144 g/mol. The van der Waals surface area contributed by atoms with E-state index in [1.807, 2.05) is 0 Å². The van der Waals surface area contributed by atoms with Crippen molar-refractivity contribution in [1.29, 1.82) is 0 Å². The number of terminal acetylenes is 1. The molecule has 0 bridgehead atoms. The first-order chi connectivity index (χ1) is 5.52. The first-order valence-corrected chi connectivity index (χ1v) is 5.00. The van der Waals surface area contributed by atoms with Crippen molar-refractivity contribution in [2.45, 2.75) is 52.9 Å². The summed E-state index contributed by atoms with van der Waals surface area (Å²) in [4.78, 5) is 0. The molecule has 1 rings (SSSR count). The maximum atomic E-state index is 5.57. The van der Waals surface area contributed by atoms with Crippen LogP contribution in [0.25, 0.3) is 0 Å². The molecule has 0 unspecified atom stereocenters. The van der Waals surface area contributed by atoms with E-state index >= 15 is 0 Å². The molecule has 0 radical (unpaired) electrons. The Morgan fingerprint density at radius 1 is 1.17 bits per heavy atom. The summed E-state index contributed by atoms with van der Waals surface area (Å²) in [5.74, 6) is 2.95. The Labute approximate surface area is 76.7 Å². The van der Waals surface area contributed by atoms with E-state index in [9.17, 15) is 0 Å². The van der Waals surface area contributed by atoms with E-state index in [1.165, 1.54) is 32.1 Å². The molecule has 0 N–H and O–H groups in total. The summed E-state index contributed by atoms with van der Waals surface area (Å²) in [5.41, 5.74) is 0.466. The molecule has 0 aromatic rings. The van der Waals surface area contributed by atoms with Gasteiger partial charge < -0.3 is 0 Å². The van der Waals surface area contributed by atoms with Gasteiger partial charge in [-0.2, -0.15) is 0 Å². The van der Waals surface area contributed by atoms with Gasteiger partial charge in [0.1, 0.15) is 0 Å². The molecule has 0 atom stereocenters. The van der Waals surface area contributed by atoms with E-state index in [4.69, 9.17) is 6.42 Å². The standard InChI is InChI=1S/C12H20/c1-5-11(2,3)12(4)9-7-6-8-10-12/h1H,6-10H2,2-4H3. The monoisotopic (exact) mass is 164 g/mol. The highest BCUT2D eigenvalue weighted by Gasteiger charge is 2.40. The molecule has 1 saturated carbocycles. The predicted octanol–water partition coefficient (Wildman–Crippen LogP) is 3.62. The fraction of sp³-hybridized carbons (Fsp3) is 0.833. The third-order valence-electron chi connectivity index (χ3n) is 3.83. The molecule has 0 amide bonds. The van der Waals surface area contributed by atoms with Crippen molar-refractivity contribution in [3.63, 3.8) is 0 Å². The molecule has 12 heavy (non-hydrogen) atoms. The first kappa shape index (κ1) is 9.65. The summed E-state index contributed by atoms with van der Waals surface area (Å²) in [5, 5.41) is 0. The molecular formula is C12H20. The highest BCUT2D eigenvalue weighted by atomic mass is 14.4. The Morgan fingerprint density at radius 2 is 1.67 bits per heavy atom. The van der Waals surface area contributed by atoms with Crippen LogP contribution >= 0.6 is 0 Å². The first-order valence-electron chi connectivity index (χ1n) is 5.00. The second-order valence-corrected chi connectivity index (χ2v) is 4.89. The minimum atomic E-state index is 0.0768. The normalized spacial score (nSPS) is 23.2. The zero-order valence-corrected chi connectivity index (χ0v) is 8.61. The summed E-state index contributed by atoms with van der Waals surface area (Å²) in [6.45, 7) is 6.77. The van der Waals surface area contributed by atoms with E-state index in [-0.39, 0.29) is 5.41 Å². The van der Waals surface area contributed by atoms with Gasteiger partial charge in [0.2, 0.25) is 0 Å². The van der Waals surface area contributed by atoms with Crippen molar-refractivity contribution in [2.75, 3.05) is 0 Å². The Bertz CT molecular complexity index is 187. The Balaban J connectivity index is 2.76. The van der Waals surface area contributed by atoms with Crippen LogP contribution in [0.4, 0.5) is 0 Å². The fourth-order valence-electron chi connectivity index (χ4n) is 2.13. The highest BCUT2D eigenvalue weighted by Crippen LogP contribution is 2.48. The average molecular weight is 164 g/mol. The lowest BCUT2D eigenvalue weighted by molar-refractivity contribution is 0.0923. The van der Waals surface area contributed by atoms with Gasteiger partial charge in [-0.05, 0) is 32.1 Å². The van der Waals surface area contributed by atoms with Crippen LogP contribution in [-0.4, -0.2) is 0 Å². The van der Waals surface area contributed by atoms with Crippen LogP contribution in [-0.2, 0) is 0 Å². The van der Waals surface area contributed by atoms with Crippen LogP contribution in [0.1, 0.15) is 52.9 Å². The van der Waals surface area contributed by atoms with Gasteiger partial charge in [-0.25, -0.2) is 0 Å². The third-order valence-corrected chi connectivity index (χ3v) is 3.83. The summed E-state index contributed by atoms with van der Waals surface area (Å²) < 4.78 is 0. The number of rotatable bonds is 1. The zero-order valence-electron chi connectivity index (χ0n) is 8.61. The summed E-state index contributed by atoms with van der Waals surface area (Å²) in [6.07, 6.45) is 12.3. The van der Waals surface area contributed by atoms with Crippen molar-refractivity contribution in [3.8, 4) is 12.3 Å². The van der Waals surface area contributed by atoms with Crippen molar-refractivity contribution < 1.29 is 0 Å². The van der Waals surface area contributed by atoms with Crippen LogP contribution in [0.5, 0.6) is 0 Å². The van der Waals surface area contributed by atoms with Crippen LogP contribution in [0.3, 0.4) is 0 Å². The van der Waals surface area contributed by atoms with E-state index in [2.05, 4.69) is 26.7 Å². The predicted molar refractivity (Wildman–Crippen MR) is 53.8 cm³/mol. The largest absolute Gasteiger partial charge is 0.120 e. The fourth-order valence-corrected chi connectivity index (χ4v) is 2.13. The molecule has 1 aliphatic rings. The lowest BCUT2D eigenvalue weighted by Gasteiger charge is -2.44. The topological polar surface area (TPSA) is 0 Å². The third kappa shape index (κ3) is 1.51.